The van der Waals surface area contributed by atoms with Crippen LogP contribution < -0.4 is 28.5 Å². The van der Waals surface area contributed by atoms with Gasteiger partial charge in [0.25, 0.3) is 20.2 Å². The fourth-order valence-electron chi connectivity index (χ4n) is 3.84. The van der Waals surface area contributed by atoms with Crippen LogP contribution in [0.15, 0.2) is 47.4 Å². The third-order valence-electron chi connectivity index (χ3n) is 5.86. The standard InChI is InChI=1S/C23H28F4N4O7S2/c1-14(2)29-40(36,37)28-12-17-13-30(39(34,35)18-8-5-15(24)6-9-18)19-11-16(7-10-20(19)38-17)31(21(32)33)22(3,4)23(25,26)27/h5-11,14,17,28-29H,12-13H2,1-4H3,(H,32,33)/p-1/t17-/m0/s1. The lowest BCUT2D eigenvalue weighted by molar-refractivity contribution is -0.254. The van der Waals surface area contributed by atoms with Crippen LogP contribution in [0.2, 0.25) is 0 Å². The number of hydrogen-bond donors (Lipinski definition) is 2. The van der Waals surface area contributed by atoms with Crippen LogP contribution >= 0.6 is 0 Å². The number of nitrogens with zero attached hydrogens (tertiary/aromatic N) is 2. The zero-order chi connectivity index (χ0) is 30.3. The fourth-order valence-corrected chi connectivity index (χ4v) is 6.45. The molecule has 1 aliphatic heterocycles. The molecular weight excluding hydrogens is 584 g/mol. The summed E-state index contributed by atoms with van der Waals surface area (Å²) in [6, 6.07) is 6.16. The van der Waals surface area contributed by atoms with E-state index in [0.717, 1.165) is 46.8 Å². The molecule has 2 N–H and O–H groups in total. The summed E-state index contributed by atoms with van der Waals surface area (Å²) in [7, 11) is -8.53. The first-order chi connectivity index (χ1) is 18.3. The molecule has 0 spiro atoms. The van der Waals surface area contributed by atoms with E-state index in [0.29, 0.717) is 13.8 Å². The van der Waals surface area contributed by atoms with Crippen molar-refractivity contribution < 1.29 is 49.0 Å². The van der Waals surface area contributed by atoms with Crippen LogP contribution in [-0.2, 0) is 20.2 Å². The van der Waals surface area contributed by atoms with E-state index in [2.05, 4.69) is 9.44 Å². The zero-order valence-corrected chi connectivity index (χ0v) is 23.3. The van der Waals surface area contributed by atoms with E-state index in [1.807, 2.05) is 0 Å². The molecule has 11 nitrogen and oxygen atoms in total. The Balaban J connectivity index is 2.11. The molecule has 0 bridgehead atoms. The fraction of sp³-hybridized carbons (Fsp3) is 0.435. The normalized spacial score (nSPS) is 16.4. The first kappa shape index (κ1) is 31.4. The van der Waals surface area contributed by atoms with Crippen molar-refractivity contribution in [2.75, 3.05) is 22.3 Å². The number of benzene rings is 2. The van der Waals surface area contributed by atoms with E-state index >= 15 is 0 Å². The maximum absolute atomic E-state index is 13.7. The van der Waals surface area contributed by atoms with Gasteiger partial charge < -0.3 is 19.5 Å². The molecule has 0 saturated carbocycles. The first-order valence-electron chi connectivity index (χ1n) is 11.7. The molecule has 0 saturated heterocycles. The lowest BCUT2D eigenvalue weighted by atomic mass is 10.0. The van der Waals surface area contributed by atoms with Crippen LogP contribution in [0, 0.1) is 5.82 Å². The first-order valence-corrected chi connectivity index (χ1v) is 14.6. The molecule has 0 unspecified atom stereocenters. The summed E-state index contributed by atoms with van der Waals surface area (Å²) in [6.45, 7) is 3.44. The highest BCUT2D eigenvalue weighted by atomic mass is 32.2. The SMILES string of the molecule is CC(C)NS(=O)(=O)NC[C@H]1CN(S(=O)(=O)c2ccc(F)cc2)c2cc(N(C(=O)[O-])C(C)(C)C(F)(F)F)ccc2O1. The van der Waals surface area contributed by atoms with E-state index in [4.69, 9.17) is 4.74 Å². The molecule has 40 heavy (non-hydrogen) atoms. The molecule has 2 aromatic rings. The molecule has 1 amide bonds. The maximum Gasteiger partial charge on any atom is 0.411 e. The predicted molar refractivity (Wildman–Crippen MR) is 135 cm³/mol. The molecule has 1 atom stereocenters. The number of nitrogens with one attached hydrogen (secondary N) is 2. The third kappa shape index (κ3) is 6.59. The minimum Gasteiger partial charge on any atom is -0.530 e. The summed E-state index contributed by atoms with van der Waals surface area (Å²) < 4.78 is 117. The van der Waals surface area contributed by atoms with Gasteiger partial charge in [0.15, 0.2) is 0 Å². The molecule has 1 aliphatic rings. The molecule has 0 aromatic heterocycles. The van der Waals surface area contributed by atoms with E-state index in [1.54, 1.807) is 13.8 Å². The second-order valence-electron chi connectivity index (χ2n) is 9.66. The molecule has 222 valence electrons. The lowest BCUT2D eigenvalue weighted by Gasteiger charge is -2.42. The molecule has 0 radical (unpaired) electrons. The smallest absolute Gasteiger partial charge is 0.411 e. The number of amides is 1. The number of halogens is 4. The Kier molecular flexibility index (Phi) is 8.65. The van der Waals surface area contributed by atoms with Crippen LogP contribution in [0.25, 0.3) is 0 Å². The van der Waals surface area contributed by atoms with Gasteiger partial charge in [-0.25, -0.2) is 12.8 Å². The summed E-state index contributed by atoms with van der Waals surface area (Å²) in [5, 5.41) is 11.8. The molecule has 0 aliphatic carbocycles. The number of carbonyl (C=O) groups excluding carboxylic acids is 1. The van der Waals surface area contributed by atoms with E-state index in [1.165, 1.54) is 0 Å². The van der Waals surface area contributed by atoms with Crippen molar-refractivity contribution in [3.63, 3.8) is 0 Å². The molecule has 0 fully saturated rings. The molecule has 17 heteroatoms. The Labute approximate surface area is 229 Å². The number of alkyl halides is 3. The van der Waals surface area contributed by atoms with Crippen LogP contribution in [0.1, 0.15) is 27.7 Å². The largest absolute Gasteiger partial charge is 0.530 e. The molecular formula is C23H27F4N4O7S2-. The Morgan fingerprint density at radius 3 is 2.25 bits per heavy atom. The minimum absolute atomic E-state index is 0.0617. The number of ether oxygens (including phenoxy) is 1. The van der Waals surface area contributed by atoms with E-state index in [-0.39, 0.29) is 21.2 Å². The van der Waals surface area contributed by atoms with Gasteiger partial charge in [-0.3, -0.25) is 4.31 Å². The number of anilines is 2. The Morgan fingerprint density at radius 2 is 1.73 bits per heavy atom. The van der Waals surface area contributed by atoms with E-state index < -0.39 is 74.8 Å². The van der Waals surface area contributed by atoms with Crippen molar-refractivity contribution in [2.45, 2.75) is 56.5 Å². The number of carbonyl (C=O) groups is 1. The number of sulfonamides is 1. The van der Waals surface area contributed by atoms with Crippen LogP contribution in [0.5, 0.6) is 5.75 Å². The Morgan fingerprint density at radius 1 is 1.12 bits per heavy atom. The predicted octanol–water partition coefficient (Wildman–Crippen LogP) is 2.11. The number of hydrogen-bond acceptors (Lipinski definition) is 7. The number of rotatable bonds is 9. The van der Waals surface area contributed by atoms with Crippen molar-refractivity contribution in [1.82, 2.24) is 9.44 Å². The second kappa shape index (κ2) is 11.0. The van der Waals surface area contributed by atoms with Crippen LogP contribution in [0.4, 0.5) is 33.7 Å². The summed E-state index contributed by atoms with van der Waals surface area (Å²) >= 11 is 0. The highest BCUT2D eigenvalue weighted by molar-refractivity contribution is 7.92. The van der Waals surface area contributed by atoms with Gasteiger partial charge in [0.1, 0.15) is 29.3 Å². The van der Waals surface area contributed by atoms with E-state index in [9.17, 15) is 44.3 Å². The second-order valence-corrected chi connectivity index (χ2v) is 13.1. The summed E-state index contributed by atoms with van der Waals surface area (Å²) in [6.07, 6.45) is -8.36. The molecule has 1 heterocycles. The van der Waals surface area contributed by atoms with Gasteiger partial charge in [-0.15, -0.1) is 0 Å². The van der Waals surface area contributed by atoms with Crippen molar-refractivity contribution in [3.05, 3.63) is 48.3 Å². The van der Waals surface area contributed by atoms with Gasteiger partial charge in [0.05, 0.1) is 23.7 Å². The topological polar surface area (TPSA) is 148 Å². The van der Waals surface area contributed by atoms with Gasteiger partial charge in [-0.05, 0) is 70.2 Å². The van der Waals surface area contributed by atoms with Gasteiger partial charge in [-0.2, -0.15) is 31.0 Å². The maximum atomic E-state index is 13.7. The van der Waals surface area contributed by atoms with Crippen molar-refractivity contribution in [3.8, 4) is 5.75 Å². The van der Waals surface area contributed by atoms with Gasteiger partial charge in [-0.1, -0.05) is 0 Å². The number of carboxylic acid groups (broad SMARTS) is 1. The Bertz CT molecular complexity index is 1470. The highest BCUT2D eigenvalue weighted by Gasteiger charge is 2.52. The van der Waals surface area contributed by atoms with Crippen LogP contribution in [-0.4, -0.2) is 59.9 Å². The van der Waals surface area contributed by atoms with Crippen molar-refractivity contribution in [2.24, 2.45) is 0 Å². The molecule has 2 aromatic carbocycles. The quantitative estimate of drug-likeness (QED) is 0.413. The minimum atomic E-state index is -5.04. The average Bonchev–Trinajstić information content (AvgIpc) is 2.80. The highest BCUT2D eigenvalue weighted by Crippen LogP contribution is 2.43. The Hall–Kier alpha value is -3.15. The average molecular weight is 612 g/mol. The summed E-state index contributed by atoms with van der Waals surface area (Å²) in [5.74, 6) is -0.919. The van der Waals surface area contributed by atoms with Gasteiger partial charge in [0.2, 0.25) is 0 Å². The third-order valence-corrected chi connectivity index (χ3v) is 8.98. The van der Waals surface area contributed by atoms with Crippen LogP contribution in [0.3, 0.4) is 0 Å². The lowest BCUT2D eigenvalue weighted by Crippen LogP contribution is -2.60. The van der Waals surface area contributed by atoms with Crippen molar-refractivity contribution in [1.29, 1.82) is 0 Å². The molecule has 3 rings (SSSR count). The van der Waals surface area contributed by atoms with Gasteiger partial charge >= 0.3 is 6.18 Å². The summed E-state index contributed by atoms with van der Waals surface area (Å²) in [5.41, 5.74) is -3.87. The van der Waals surface area contributed by atoms with Crippen molar-refractivity contribution >= 4 is 37.7 Å². The van der Waals surface area contributed by atoms with Gasteiger partial charge in [0, 0.05) is 11.7 Å². The summed E-state index contributed by atoms with van der Waals surface area (Å²) in [4.78, 5) is 11.4. The number of fused-ring (bicyclic) bond motifs is 1. The zero-order valence-electron chi connectivity index (χ0n) is 21.7. The monoisotopic (exact) mass is 611 g/mol.